The Labute approximate surface area is 264 Å². The van der Waals surface area contributed by atoms with Crippen LogP contribution >= 0.6 is 11.3 Å². The van der Waals surface area contributed by atoms with E-state index in [4.69, 9.17) is 9.40 Å². The second kappa shape index (κ2) is 11.9. The van der Waals surface area contributed by atoms with E-state index in [9.17, 15) is 0 Å². The van der Waals surface area contributed by atoms with Crippen LogP contribution in [-0.2, 0) is 25.5 Å². The van der Waals surface area contributed by atoms with Gasteiger partial charge in [0.15, 0.2) is 0 Å². The molecule has 0 spiro atoms. The predicted octanol–water partition coefficient (Wildman–Crippen LogP) is 9.83. The first-order valence-electron chi connectivity index (χ1n) is 13.7. The number of hydrogen-bond donors (Lipinski definition) is 0. The molecule has 0 saturated carbocycles. The fraction of sp³-hybridized carbons (Fsp3) is 0.194. The molecule has 1 radical (unpaired) electrons. The quantitative estimate of drug-likeness (QED) is 0.166. The topological polar surface area (TPSA) is 51.8 Å². The first-order chi connectivity index (χ1) is 19.7. The summed E-state index contributed by atoms with van der Waals surface area (Å²) in [7, 11) is 0. The maximum absolute atomic E-state index is 6.32. The molecule has 6 heteroatoms. The fourth-order valence-electron chi connectivity index (χ4n) is 4.66. The molecule has 3 aromatic carbocycles. The molecule has 42 heavy (non-hydrogen) atoms. The van der Waals surface area contributed by atoms with Crippen LogP contribution < -0.4 is 0 Å². The largest absolute Gasteiger partial charge is 0.501 e. The number of thiazole rings is 1. The van der Waals surface area contributed by atoms with Gasteiger partial charge in [-0.2, -0.15) is 0 Å². The third-order valence-electron chi connectivity index (χ3n) is 7.12. The molecule has 4 nitrogen and oxygen atoms in total. The van der Waals surface area contributed by atoms with E-state index in [0.717, 1.165) is 55.0 Å². The van der Waals surface area contributed by atoms with Gasteiger partial charge in [-0.15, -0.1) is 65.4 Å². The van der Waals surface area contributed by atoms with Crippen LogP contribution in [0.25, 0.3) is 54.7 Å². The van der Waals surface area contributed by atoms with Crippen molar-refractivity contribution < 1.29 is 24.5 Å². The molecule has 0 aliphatic carbocycles. The summed E-state index contributed by atoms with van der Waals surface area (Å²) in [6.45, 7) is 12.8. The molecule has 4 aromatic heterocycles. The van der Waals surface area contributed by atoms with E-state index in [1.165, 1.54) is 21.4 Å². The predicted molar refractivity (Wildman–Crippen MR) is 170 cm³/mol. The zero-order valence-corrected chi connectivity index (χ0v) is 27.7. The van der Waals surface area contributed by atoms with Crippen molar-refractivity contribution >= 4 is 43.5 Å². The third kappa shape index (κ3) is 5.80. The van der Waals surface area contributed by atoms with Gasteiger partial charge in [0.05, 0.1) is 20.8 Å². The molecule has 0 aliphatic heterocycles. The summed E-state index contributed by atoms with van der Waals surface area (Å²) in [5.41, 5.74) is 10.2. The number of hydrogen-bond acceptors (Lipinski definition) is 5. The van der Waals surface area contributed by atoms with Crippen LogP contribution in [0.5, 0.6) is 0 Å². The zero-order valence-electron chi connectivity index (χ0n) is 24.5. The van der Waals surface area contributed by atoms with Gasteiger partial charge in [0.1, 0.15) is 5.58 Å². The van der Waals surface area contributed by atoms with Crippen molar-refractivity contribution in [2.24, 2.45) is 0 Å². The van der Waals surface area contributed by atoms with Gasteiger partial charge in [-0.1, -0.05) is 55.5 Å². The standard InChI is InChI=1S/C24H21N2OS.C12H10N.Ir/c1-13-11-18(25-12-14(13)2)15-7-6-8-16-20-19(27-21(15)16)10-9-17-22(20)28-23(26-17)24(3,4)5;1-10-7-8-12(13-9-10)11-5-3-2-4-6-11;/h6,8-12H,1-5H3;2-5,7-9H,1H3;/q2*-1;. The van der Waals surface area contributed by atoms with E-state index in [2.05, 4.69) is 81.0 Å². The molecule has 0 saturated heterocycles. The molecular weight excluding hydrogens is 715 g/mol. The van der Waals surface area contributed by atoms with Crippen LogP contribution in [0.2, 0.25) is 0 Å². The van der Waals surface area contributed by atoms with Gasteiger partial charge in [0.2, 0.25) is 0 Å². The van der Waals surface area contributed by atoms with Gasteiger partial charge in [0.25, 0.3) is 0 Å². The molecule has 7 rings (SSSR count). The number of nitrogens with zero attached hydrogens (tertiary/aromatic N) is 3. The Morgan fingerprint density at radius 2 is 1.62 bits per heavy atom. The summed E-state index contributed by atoms with van der Waals surface area (Å²) < 4.78 is 7.51. The van der Waals surface area contributed by atoms with E-state index in [1.807, 2.05) is 61.8 Å². The van der Waals surface area contributed by atoms with Crippen LogP contribution in [0.15, 0.2) is 83.5 Å². The average Bonchev–Trinajstić information content (AvgIpc) is 3.57. The van der Waals surface area contributed by atoms with Crippen LogP contribution in [0, 0.1) is 32.9 Å². The second-order valence-corrected chi connectivity index (χ2v) is 12.4. The van der Waals surface area contributed by atoms with Gasteiger partial charge in [-0.05, 0) is 55.4 Å². The van der Waals surface area contributed by atoms with Crippen molar-refractivity contribution in [1.29, 1.82) is 0 Å². The average molecular weight is 746 g/mol. The molecule has 0 unspecified atom stereocenters. The molecular formula is C36H31IrN3OS-2. The van der Waals surface area contributed by atoms with Crippen molar-refractivity contribution in [2.45, 2.75) is 47.0 Å². The molecule has 0 N–H and O–H groups in total. The van der Waals surface area contributed by atoms with Crippen molar-refractivity contribution in [3.63, 3.8) is 0 Å². The molecule has 0 fully saturated rings. The number of rotatable bonds is 2. The number of aryl methyl sites for hydroxylation is 3. The summed E-state index contributed by atoms with van der Waals surface area (Å²) in [5, 5.41) is 3.38. The van der Waals surface area contributed by atoms with Crippen molar-refractivity contribution in [1.82, 2.24) is 15.0 Å². The molecule has 0 atom stereocenters. The molecule has 0 bridgehead atoms. The van der Waals surface area contributed by atoms with E-state index in [0.29, 0.717) is 0 Å². The maximum atomic E-state index is 6.32. The van der Waals surface area contributed by atoms with E-state index in [1.54, 1.807) is 11.3 Å². The maximum Gasteiger partial charge on any atom is 0.122 e. The Bertz CT molecular complexity index is 2000. The van der Waals surface area contributed by atoms with Crippen LogP contribution in [0.3, 0.4) is 0 Å². The first-order valence-corrected chi connectivity index (χ1v) is 14.5. The van der Waals surface area contributed by atoms with Crippen molar-refractivity contribution in [3.05, 3.63) is 113 Å². The van der Waals surface area contributed by atoms with Gasteiger partial charge < -0.3 is 14.4 Å². The van der Waals surface area contributed by atoms with Gasteiger partial charge in [0, 0.05) is 43.3 Å². The number of aromatic nitrogens is 3. The summed E-state index contributed by atoms with van der Waals surface area (Å²) in [6.07, 6.45) is 3.78. The smallest absolute Gasteiger partial charge is 0.122 e. The molecule has 7 aromatic rings. The zero-order chi connectivity index (χ0) is 28.7. The molecule has 213 valence electrons. The summed E-state index contributed by atoms with van der Waals surface area (Å²) in [5.74, 6) is 0. The Kier molecular flexibility index (Phi) is 8.43. The van der Waals surface area contributed by atoms with Gasteiger partial charge in [-0.25, -0.2) is 4.98 Å². The minimum atomic E-state index is 0. The molecule has 4 heterocycles. The van der Waals surface area contributed by atoms with E-state index < -0.39 is 0 Å². The number of furan rings is 1. The number of pyridine rings is 2. The summed E-state index contributed by atoms with van der Waals surface area (Å²) >= 11 is 1.76. The second-order valence-electron chi connectivity index (χ2n) is 11.4. The minimum Gasteiger partial charge on any atom is -0.501 e. The summed E-state index contributed by atoms with van der Waals surface area (Å²) in [6, 6.07) is 28.7. The van der Waals surface area contributed by atoms with Gasteiger partial charge >= 0.3 is 0 Å². The molecule has 0 amide bonds. The van der Waals surface area contributed by atoms with Crippen LogP contribution in [0.1, 0.15) is 42.5 Å². The van der Waals surface area contributed by atoms with Gasteiger partial charge in [-0.3, -0.25) is 0 Å². The van der Waals surface area contributed by atoms with E-state index >= 15 is 0 Å². The Morgan fingerprint density at radius 3 is 2.31 bits per heavy atom. The SMILES string of the molecule is Cc1ccc(-c2[c-]cccc2)nc1.Cc1cnc(-c2[c-]ccc3c2oc2ccc4nc(C(C)(C)C)sc4c23)cc1C.[Ir]. The Hall–Kier alpha value is -3.70. The molecule has 0 aliphatic rings. The van der Waals surface area contributed by atoms with Crippen LogP contribution in [0.4, 0.5) is 0 Å². The number of benzene rings is 3. The normalized spacial score (nSPS) is 11.4. The monoisotopic (exact) mass is 746 g/mol. The fourth-order valence-corrected chi connectivity index (χ4v) is 5.84. The third-order valence-corrected chi connectivity index (χ3v) is 8.63. The van der Waals surface area contributed by atoms with Crippen molar-refractivity contribution in [3.8, 4) is 22.5 Å². The first kappa shape index (κ1) is 29.8. The Balaban J connectivity index is 0.000000212. The summed E-state index contributed by atoms with van der Waals surface area (Å²) in [4.78, 5) is 13.8. The Morgan fingerprint density at radius 1 is 0.810 bits per heavy atom. The number of fused-ring (bicyclic) bond motifs is 5. The van der Waals surface area contributed by atoms with Crippen LogP contribution in [-0.4, -0.2) is 15.0 Å². The van der Waals surface area contributed by atoms with Crippen molar-refractivity contribution in [2.75, 3.05) is 0 Å². The minimum absolute atomic E-state index is 0. The van der Waals surface area contributed by atoms with E-state index in [-0.39, 0.29) is 25.5 Å².